The first-order chi connectivity index (χ1) is 13.5. The predicted octanol–water partition coefficient (Wildman–Crippen LogP) is 3.31. The zero-order valence-corrected chi connectivity index (χ0v) is 17.8. The summed E-state index contributed by atoms with van der Waals surface area (Å²) in [6, 6.07) is 9.42. The fraction of sp³-hybridized carbons (Fsp3) is 0.350. The van der Waals surface area contributed by atoms with Crippen LogP contribution in [0.5, 0.6) is 0 Å². The molecule has 1 aromatic carbocycles. The van der Waals surface area contributed by atoms with Crippen LogP contribution < -0.4 is 10.9 Å². The molecule has 1 amide bonds. The number of thioether (sulfide) groups is 1. The third-order valence-corrected chi connectivity index (χ3v) is 6.41. The molecule has 0 radical (unpaired) electrons. The van der Waals surface area contributed by atoms with Crippen molar-refractivity contribution in [1.29, 1.82) is 0 Å². The van der Waals surface area contributed by atoms with Crippen LogP contribution in [0.15, 0.2) is 40.3 Å². The van der Waals surface area contributed by atoms with Gasteiger partial charge in [-0.1, -0.05) is 30.0 Å². The Balaban J connectivity index is 1.92. The number of thiophene rings is 1. The largest absolute Gasteiger partial charge is 0.385 e. The van der Waals surface area contributed by atoms with E-state index in [-0.39, 0.29) is 17.2 Å². The highest BCUT2D eigenvalue weighted by atomic mass is 32.2. The summed E-state index contributed by atoms with van der Waals surface area (Å²) in [7, 11) is 1.64. The minimum absolute atomic E-state index is 0.0893. The molecule has 0 saturated heterocycles. The number of carbonyl (C=O) groups excluding carboxylic acids is 1. The van der Waals surface area contributed by atoms with E-state index < -0.39 is 0 Å². The van der Waals surface area contributed by atoms with Crippen molar-refractivity contribution in [3.05, 3.63) is 51.1 Å². The molecule has 2 heterocycles. The van der Waals surface area contributed by atoms with Crippen LogP contribution in [0, 0.1) is 13.8 Å². The lowest BCUT2D eigenvalue weighted by Crippen LogP contribution is -2.27. The summed E-state index contributed by atoms with van der Waals surface area (Å²) in [6.07, 6.45) is 0.763. The van der Waals surface area contributed by atoms with Gasteiger partial charge in [0.05, 0.1) is 16.8 Å². The molecule has 0 aliphatic rings. The minimum Gasteiger partial charge on any atom is -0.385 e. The van der Waals surface area contributed by atoms with Crippen molar-refractivity contribution in [3.63, 3.8) is 0 Å². The van der Waals surface area contributed by atoms with Crippen molar-refractivity contribution in [2.45, 2.75) is 25.4 Å². The lowest BCUT2D eigenvalue weighted by Gasteiger charge is -2.12. The number of carbonyl (C=O) groups is 1. The molecule has 3 rings (SSSR count). The molecule has 0 atom stereocenters. The summed E-state index contributed by atoms with van der Waals surface area (Å²) in [5, 5.41) is 4.04. The van der Waals surface area contributed by atoms with E-state index in [1.165, 1.54) is 23.1 Å². The summed E-state index contributed by atoms with van der Waals surface area (Å²) in [5.41, 5.74) is 1.61. The van der Waals surface area contributed by atoms with Gasteiger partial charge in [-0.2, -0.15) is 0 Å². The number of hydrogen-bond acceptors (Lipinski definition) is 6. The Morgan fingerprint density at radius 2 is 2.04 bits per heavy atom. The number of benzene rings is 1. The van der Waals surface area contributed by atoms with E-state index in [2.05, 4.69) is 5.32 Å². The van der Waals surface area contributed by atoms with E-state index in [4.69, 9.17) is 9.72 Å². The molecule has 28 heavy (non-hydrogen) atoms. The molecule has 0 fully saturated rings. The zero-order valence-electron chi connectivity index (χ0n) is 16.2. The summed E-state index contributed by atoms with van der Waals surface area (Å²) in [5.74, 6) is 0.106. The SMILES string of the molecule is COCCCNC(=O)CSc1nc2sc(C)c(C)c2c(=O)n1-c1ccccc1. The first-order valence-corrected chi connectivity index (χ1v) is 10.8. The Labute approximate surface area is 171 Å². The monoisotopic (exact) mass is 417 g/mol. The van der Waals surface area contributed by atoms with Crippen molar-refractivity contribution in [3.8, 4) is 5.69 Å². The third-order valence-electron chi connectivity index (χ3n) is 4.37. The number of hydrogen-bond donors (Lipinski definition) is 1. The fourth-order valence-electron chi connectivity index (χ4n) is 2.80. The first-order valence-electron chi connectivity index (χ1n) is 8.99. The fourth-order valence-corrected chi connectivity index (χ4v) is 4.72. The van der Waals surface area contributed by atoms with Crippen molar-refractivity contribution < 1.29 is 9.53 Å². The van der Waals surface area contributed by atoms with Crippen molar-refractivity contribution in [2.75, 3.05) is 26.0 Å². The van der Waals surface area contributed by atoms with Crippen LogP contribution in [-0.2, 0) is 9.53 Å². The molecule has 0 bridgehead atoms. The highest BCUT2D eigenvalue weighted by Crippen LogP contribution is 2.29. The molecular formula is C20H23N3O3S2. The lowest BCUT2D eigenvalue weighted by molar-refractivity contribution is -0.118. The maximum Gasteiger partial charge on any atom is 0.267 e. The number of aromatic nitrogens is 2. The Morgan fingerprint density at radius 1 is 1.29 bits per heavy atom. The Morgan fingerprint density at radius 3 is 2.75 bits per heavy atom. The third kappa shape index (κ3) is 4.45. The number of rotatable bonds is 8. The van der Waals surface area contributed by atoms with Gasteiger partial charge < -0.3 is 10.1 Å². The summed E-state index contributed by atoms with van der Waals surface area (Å²) >= 11 is 2.79. The predicted molar refractivity (Wildman–Crippen MR) is 115 cm³/mol. The van der Waals surface area contributed by atoms with Gasteiger partial charge in [0.15, 0.2) is 5.16 Å². The van der Waals surface area contributed by atoms with Gasteiger partial charge >= 0.3 is 0 Å². The van der Waals surface area contributed by atoms with Crippen molar-refractivity contribution >= 4 is 39.2 Å². The minimum atomic E-state index is -0.0962. The van der Waals surface area contributed by atoms with Crippen molar-refractivity contribution in [2.24, 2.45) is 0 Å². The summed E-state index contributed by atoms with van der Waals surface area (Å²) in [6.45, 7) is 5.12. The zero-order chi connectivity index (χ0) is 20.1. The molecule has 0 aliphatic heterocycles. The standard InChI is InChI=1S/C20H23N3O3S2/c1-13-14(2)28-18-17(13)19(25)23(15-8-5-4-6-9-15)20(22-18)27-12-16(24)21-10-7-11-26-3/h4-6,8-9H,7,10-12H2,1-3H3,(H,21,24). The average molecular weight is 418 g/mol. The number of ether oxygens (including phenoxy) is 1. The summed E-state index contributed by atoms with van der Waals surface area (Å²) in [4.78, 5) is 31.9. The van der Waals surface area contributed by atoms with Gasteiger partial charge in [0.25, 0.3) is 5.56 Å². The molecule has 2 aromatic heterocycles. The molecule has 6 nitrogen and oxygen atoms in total. The maximum absolute atomic E-state index is 13.3. The molecule has 1 N–H and O–H groups in total. The van der Waals surface area contributed by atoms with Gasteiger partial charge in [-0.05, 0) is 38.0 Å². The molecular weight excluding hydrogens is 394 g/mol. The molecule has 3 aromatic rings. The number of nitrogens with one attached hydrogen (secondary N) is 1. The van der Waals surface area contributed by atoms with E-state index >= 15 is 0 Å². The van der Waals surface area contributed by atoms with Crippen LogP contribution in [0.25, 0.3) is 15.9 Å². The number of nitrogens with zero attached hydrogens (tertiary/aromatic N) is 2. The van der Waals surface area contributed by atoms with E-state index in [1.807, 2.05) is 44.2 Å². The van der Waals surface area contributed by atoms with Crippen LogP contribution in [0.3, 0.4) is 0 Å². The van der Waals surface area contributed by atoms with E-state index in [1.54, 1.807) is 11.7 Å². The van der Waals surface area contributed by atoms with Crippen LogP contribution in [0.2, 0.25) is 0 Å². The quantitative estimate of drug-likeness (QED) is 0.346. The second-order valence-corrected chi connectivity index (χ2v) is 8.46. The van der Waals surface area contributed by atoms with Gasteiger partial charge in [-0.3, -0.25) is 14.2 Å². The van der Waals surface area contributed by atoms with Gasteiger partial charge in [-0.25, -0.2) is 4.98 Å². The van der Waals surface area contributed by atoms with E-state index in [9.17, 15) is 9.59 Å². The van der Waals surface area contributed by atoms with Gasteiger partial charge in [-0.15, -0.1) is 11.3 Å². The number of para-hydroxylation sites is 1. The molecule has 148 valence electrons. The van der Waals surface area contributed by atoms with Gasteiger partial charge in [0.1, 0.15) is 4.83 Å². The second-order valence-electron chi connectivity index (χ2n) is 6.32. The number of fused-ring (bicyclic) bond motifs is 1. The highest BCUT2D eigenvalue weighted by molar-refractivity contribution is 7.99. The number of aryl methyl sites for hydroxylation is 2. The van der Waals surface area contributed by atoms with Crippen LogP contribution >= 0.6 is 23.1 Å². The smallest absolute Gasteiger partial charge is 0.267 e. The number of methoxy groups -OCH3 is 1. The first kappa shape index (κ1) is 20.6. The van der Waals surface area contributed by atoms with Crippen LogP contribution in [0.4, 0.5) is 0 Å². The molecule has 0 saturated carbocycles. The van der Waals surface area contributed by atoms with Gasteiger partial charge in [0, 0.05) is 25.1 Å². The molecule has 0 unspecified atom stereocenters. The average Bonchev–Trinajstić information content (AvgIpc) is 2.98. The normalized spacial score (nSPS) is 11.1. The van der Waals surface area contributed by atoms with Gasteiger partial charge in [0.2, 0.25) is 5.91 Å². The highest BCUT2D eigenvalue weighted by Gasteiger charge is 2.18. The molecule has 0 aliphatic carbocycles. The molecule has 0 spiro atoms. The Hall–Kier alpha value is -2.16. The van der Waals surface area contributed by atoms with Crippen LogP contribution in [0.1, 0.15) is 16.9 Å². The topological polar surface area (TPSA) is 73.2 Å². The molecule has 8 heteroatoms. The number of amides is 1. The second kappa shape index (κ2) is 9.36. The maximum atomic E-state index is 13.3. The van der Waals surface area contributed by atoms with Crippen molar-refractivity contribution in [1.82, 2.24) is 14.9 Å². The van der Waals surface area contributed by atoms with Crippen LogP contribution in [-0.4, -0.2) is 41.5 Å². The Bertz CT molecular complexity index is 1030. The lowest BCUT2D eigenvalue weighted by atomic mass is 10.2. The van der Waals surface area contributed by atoms with E-state index in [0.29, 0.717) is 23.7 Å². The van der Waals surface area contributed by atoms with E-state index in [0.717, 1.165) is 27.4 Å². The summed E-state index contributed by atoms with van der Waals surface area (Å²) < 4.78 is 6.58. The Kier molecular flexibility index (Phi) is 6.88.